The summed E-state index contributed by atoms with van der Waals surface area (Å²) in [5.41, 5.74) is -0.782. The number of hydrogen-bond donors (Lipinski definition) is 1. The van der Waals surface area contributed by atoms with Crippen molar-refractivity contribution in [2.75, 3.05) is 6.54 Å². The summed E-state index contributed by atoms with van der Waals surface area (Å²) in [6, 6.07) is -0.370. The number of nitrogens with zero attached hydrogens (tertiary/aromatic N) is 1. The first-order valence-corrected chi connectivity index (χ1v) is 5.68. The average molecular weight is 224 g/mol. The molecular weight excluding hydrogens is 204 g/mol. The number of hydrogen-bond acceptors (Lipinski definition) is 2. The van der Waals surface area contributed by atoms with Gasteiger partial charge in [-0.05, 0) is 20.3 Å². The molecule has 0 aliphatic carbocycles. The largest absolute Gasteiger partial charge is 0.342 e. The third-order valence-corrected chi connectivity index (χ3v) is 2.99. The van der Waals surface area contributed by atoms with Crippen LogP contribution in [-0.4, -0.2) is 34.8 Å². The first-order chi connectivity index (χ1) is 7.45. The number of piperazine rings is 1. The molecule has 4 nitrogen and oxygen atoms in total. The van der Waals surface area contributed by atoms with E-state index in [2.05, 4.69) is 11.9 Å². The first-order valence-electron chi connectivity index (χ1n) is 5.68. The zero-order chi connectivity index (χ0) is 12.3. The van der Waals surface area contributed by atoms with Gasteiger partial charge in [0.1, 0.15) is 11.6 Å². The zero-order valence-electron chi connectivity index (χ0n) is 10.2. The standard InChI is InChI=1S/C12H20N2O2/c1-5-7-9-10(15)14(8-6-2)12(3,4)11(16)13-9/h6,9H,2,5,7-8H2,1,3-4H3,(H,13,16). The molecule has 1 saturated heterocycles. The van der Waals surface area contributed by atoms with Crippen molar-refractivity contribution in [3.8, 4) is 0 Å². The lowest BCUT2D eigenvalue weighted by atomic mass is 9.94. The van der Waals surface area contributed by atoms with Crippen LogP contribution in [0.15, 0.2) is 12.7 Å². The molecule has 1 heterocycles. The van der Waals surface area contributed by atoms with Crippen LogP contribution in [0.1, 0.15) is 33.6 Å². The molecule has 1 unspecified atom stereocenters. The first kappa shape index (κ1) is 12.7. The Morgan fingerprint density at radius 1 is 1.50 bits per heavy atom. The Labute approximate surface area is 96.7 Å². The van der Waals surface area contributed by atoms with Gasteiger partial charge in [0.25, 0.3) is 0 Å². The van der Waals surface area contributed by atoms with Crippen molar-refractivity contribution in [1.29, 1.82) is 0 Å². The van der Waals surface area contributed by atoms with Crippen LogP contribution in [0.2, 0.25) is 0 Å². The van der Waals surface area contributed by atoms with Crippen molar-refractivity contribution in [3.05, 3.63) is 12.7 Å². The van der Waals surface area contributed by atoms with E-state index in [1.807, 2.05) is 6.92 Å². The second-order valence-corrected chi connectivity index (χ2v) is 4.61. The highest BCUT2D eigenvalue weighted by atomic mass is 16.2. The van der Waals surface area contributed by atoms with Gasteiger partial charge in [0.2, 0.25) is 11.8 Å². The molecule has 90 valence electrons. The maximum Gasteiger partial charge on any atom is 0.246 e. The number of carbonyl (C=O) groups is 2. The molecule has 0 aromatic rings. The van der Waals surface area contributed by atoms with Crippen molar-refractivity contribution in [3.63, 3.8) is 0 Å². The molecule has 1 aliphatic heterocycles. The van der Waals surface area contributed by atoms with E-state index in [1.54, 1.807) is 24.8 Å². The van der Waals surface area contributed by atoms with Crippen molar-refractivity contribution < 1.29 is 9.59 Å². The van der Waals surface area contributed by atoms with Crippen LogP contribution in [0.5, 0.6) is 0 Å². The predicted octanol–water partition coefficient (Wildman–Crippen LogP) is 1.08. The van der Waals surface area contributed by atoms with Crippen molar-refractivity contribution in [2.24, 2.45) is 0 Å². The van der Waals surface area contributed by atoms with E-state index in [4.69, 9.17) is 0 Å². The summed E-state index contributed by atoms with van der Waals surface area (Å²) in [5, 5.41) is 2.78. The Morgan fingerprint density at radius 3 is 2.62 bits per heavy atom. The molecule has 1 atom stereocenters. The molecule has 1 fully saturated rings. The molecule has 0 spiro atoms. The van der Waals surface area contributed by atoms with Gasteiger partial charge in [-0.15, -0.1) is 6.58 Å². The highest BCUT2D eigenvalue weighted by Gasteiger charge is 2.45. The summed E-state index contributed by atoms with van der Waals surface area (Å²) in [6.45, 7) is 9.55. The lowest BCUT2D eigenvalue weighted by molar-refractivity contribution is -0.154. The lowest BCUT2D eigenvalue weighted by Gasteiger charge is -2.43. The van der Waals surface area contributed by atoms with Crippen molar-refractivity contribution >= 4 is 11.8 Å². The third-order valence-electron chi connectivity index (χ3n) is 2.99. The SMILES string of the molecule is C=CCN1C(=O)C(CCC)NC(=O)C1(C)C. The van der Waals surface area contributed by atoms with Gasteiger partial charge < -0.3 is 10.2 Å². The van der Waals surface area contributed by atoms with Crippen LogP contribution in [0.25, 0.3) is 0 Å². The topological polar surface area (TPSA) is 49.4 Å². The Hall–Kier alpha value is -1.32. The zero-order valence-corrected chi connectivity index (χ0v) is 10.2. The van der Waals surface area contributed by atoms with Gasteiger partial charge in [-0.2, -0.15) is 0 Å². The van der Waals surface area contributed by atoms with E-state index < -0.39 is 5.54 Å². The fourth-order valence-electron chi connectivity index (χ4n) is 1.91. The fraction of sp³-hybridized carbons (Fsp3) is 0.667. The van der Waals surface area contributed by atoms with Gasteiger partial charge in [0.15, 0.2) is 0 Å². The monoisotopic (exact) mass is 224 g/mol. The van der Waals surface area contributed by atoms with Crippen LogP contribution in [-0.2, 0) is 9.59 Å². The molecule has 0 bridgehead atoms. The maximum atomic E-state index is 12.1. The normalized spacial score (nSPS) is 24.2. The van der Waals surface area contributed by atoms with Crippen molar-refractivity contribution in [2.45, 2.75) is 45.2 Å². The number of nitrogens with one attached hydrogen (secondary N) is 1. The number of amides is 2. The van der Waals surface area contributed by atoms with E-state index in [0.717, 1.165) is 6.42 Å². The molecule has 0 aromatic carbocycles. The average Bonchev–Trinajstić information content (AvgIpc) is 2.22. The predicted molar refractivity (Wildman–Crippen MR) is 62.8 cm³/mol. The summed E-state index contributed by atoms with van der Waals surface area (Å²) in [6.07, 6.45) is 3.22. The fourth-order valence-corrected chi connectivity index (χ4v) is 1.91. The molecule has 1 rings (SSSR count). The summed E-state index contributed by atoms with van der Waals surface area (Å²) >= 11 is 0. The third kappa shape index (κ3) is 2.10. The van der Waals surface area contributed by atoms with Crippen LogP contribution in [0.3, 0.4) is 0 Å². The van der Waals surface area contributed by atoms with Crippen LogP contribution >= 0.6 is 0 Å². The maximum absolute atomic E-state index is 12.1. The van der Waals surface area contributed by atoms with E-state index in [-0.39, 0.29) is 17.9 Å². The van der Waals surface area contributed by atoms with Crippen LogP contribution in [0, 0.1) is 0 Å². The molecule has 4 heteroatoms. The Balaban J connectivity index is 2.94. The minimum atomic E-state index is -0.782. The highest BCUT2D eigenvalue weighted by molar-refractivity contribution is 5.99. The van der Waals surface area contributed by atoms with Crippen LogP contribution in [0.4, 0.5) is 0 Å². The van der Waals surface area contributed by atoms with Crippen LogP contribution < -0.4 is 5.32 Å². The summed E-state index contributed by atoms with van der Waals surface area (Å²) in [5.74, 6) is -0.0984. The van der Waals surface area contributed by atoms with E-state index in [9.17, 15) is 9.59 Å². The molecule has 0 radical (unpaired) electrons. The minimum Gasteiger partial charge on any atom is -0.342 e. The molecular formula is C12H20N2O2. The number of carbonyl (C=O) groups excluding carboxylic acids is 2. The molecule has 1 N–H and O–H groups in total. The van der Waals surface area contributed by atoms with Gasteiger partial charge in [0, 0.05) is 6.54 Å². The second-order valence-electron chi connectivity index (χ2n) is 4.61. The summed E-state index contributed by atoms with van der Waals surface area (Å²) in [4.78, 5) is 25.6. The van der Waals surface area contributed by atoms with E-state index in [1.165, 1.54) is 0 Å². The molecule has 0 aromatic heterocycles. The van der Waals surface area contributed by atoms with Gasteiger partial charge >= 0.3 is 0 Å². The van der Waals surface area contributed by atoms with Gasteiger partial charge in [-0.25, -0.2) is 0 Å². The molecule has 1 aliphatic rings. The highest BCUT2D eigenvalue weighted by Crippen LogP contribution is 2.22. The van der Waals surface area contributed by atoms with Crippen molar-refractivity contribution in [1.82, 2.24) is 10.2 Å². The Morgan fingerprint density at radius 2 is 2.12 bits per heavy atom. The summed E-state index contributed by atoms with van der Waals surface area (Å²) in [7, 11) is 0. The quantitative estimate of drug-likeness (QED) is 0.726. The smallest absolute Gasteiger partial charge is 0.246 e. The van der Waals surface area contributed by atoms with E-state index in [0.29, 0.717) is 13.0 Å². The molecule has 16 heavy (non-hydrogen) atoms. The Bertz CT molecular complexity index is 310. The lowest BCUT2D eigenvalue weighted by Crippen LogP contribution is -2.68. The van der Waals surface area contributed by atoms with Gasteiger partial charge in [-0.3, -0.25) is 9.59 Å². The molecule has 2 amide bonds. The minimum absolute atomic E-state index is 0.00801. The summed E-state index contributed by atoms with van der Waals surface area (Å²) < 4.78 is 0. The van der Waals surface area contributed by atoms with Gasteiger partial charge in [0.05, 0.1) is 0 Å². The van der Waals surface area contributed by atoms with Gasteiger partial charge in [-0.1, -0.05) is 19.4 Å². The van der Waals surface area contributed by atoms with E-state index >= 15 is 0 Å². The Kier molecular flexibility index (Phi) is 3.73. The number of rotatable bonds is 4. The molecule has 0 saturated carbocycles. The second kappa shape index (κ2) is 4.68.